The largest absolute Gasteiger partial charge is 0.481 e. The summed E-state index contributed by atoms with van der Waals surface area (Å²) in [6.07, 6.45) is 5.89. The summed E-state index contributed by atoms with van der Waals surface area (Å²) in [6.45, 7) is 10.1. The van der Waals surface area contributed by atoms with Crippen molar-refractivity contribution in [3.63, 3.8) is 0 Å². The van der Waals surface area contributed by atoms with Gasteiger partial charge in [0.1, 0.15) is 11.4 Å². The Bertz CT molecular complexity index is 1220. The third-order valence-electron chi connectivity index (χ3n) is 5.13. The van der Waals surface area contributed by atoms with Crippen LogP contribution in [0.4, 0.5) is 16.3 Å². The Morgan fingerprint density at radius 3 is 2.33 bits per heavy atom. The molecule has 1 amide bonds. The SMILES string of the molecule is Cc1c(-c2cc3cc(N)ncc3cn2)cncc1N(CC(C)(C)C(=O)O)C(=O)OC(C)(C)C. The molecule has 0 bridgehead atoms. The molecule has 0 spiro atoms. The number of nitrogens with two attached hydrogens (primary N) is 1. The molecule has 0 aromatic carbocycles. The molecule has 3 aromatic heterocycles. The van der Waals surface area contributed by atoms with Gasteiger partial charge in [0.15, 0.2) is 0 Å². The molecular formula is C24H29N5O4. The maximum atomic E-state index is 13.1. The highest BCUT2D eigenvalue weighted by atomic mass is 16.6. The smallest absolute Gasteiger partial charge is 0.414 e. The average Bonchev–Trinajstić information content (AvgIpc) is 2.70. The summed E-state index contributed by atoms with van der Waals surface area (Å²) < 4.78 is 5.58. The van der Waals surface area contributed by atoms with Crippen molar-refractivity contribution in [1.29, 1.82) is 0 Å². The number of aliphatic carboxylic acids is 1. The molecule has 3 N–H and O–H groups in total. The van der Waals surface area contributed by atoms with Crippen LogP contribution in [-0.4, -0.2) is 44.3 Å². The van der Waals surface area contributed by atoms with E-state index in [9.17, 15) is 14.7 Å². The minimum Gasteiger partial charge on any atom is -0.481 e. The zero-order valence-corrected chi connectivity index (χ0v) is 19.7. The second-order valence-corrected chi connectivity index (χ2v) is 9.61. The molecule has 0 aliphatic rings. The van der Waals surface area contributed by atoms with E-state index in [-0.39, 0.29) is 6.54 Å². The predicted octanol–water partition coefficient (Wildman–Crippen LogP) is 4.43. The Kier molecular flexibility index (Phi) is 6.26. The molecule has 33 heavy (non-hydrogen) atoms. The first kappa shape index (κ1) is 23.9. The fourth-order valence-corrected chi connectivity index (χ4v) is 3.27. The number of nitrogen functional groups attached to an aromatic ring is 1. The van der Waals surface area contributed by atoms with Crippen molar-refractivity contribution < 1.29 is 19.4 Å². The first-order valence-electron chi connectivity index (χ1n) is 10.5. The van der Waals surface area contributed by atoms with E-state index in [1.807, 2.05) is 13.0 Å². The molecule has 174 valence electrons. The Balaban J connectivity index is 2.11. The average molecular weight is 452 g/mol. The van der Waals surface area contributed by atoms with Gasteiger partial charge in [0.05, 0.1) is 23.0 Å². The number of hydrogen-bond acceptors (Lipinski definition) is 7. The highest BCUT2D eigenvalue weighted by molar-refractivity contribution is 5.92. The summed E-state index contributed by atoms with van der Waals surface area (Å²) in [6, 6.07) is 3.63. The van der Waals surface area contributed by atoms with Crippen LogP contribution in [0.1, 0.15) is 40.2 Å². The van der Waals surface area contributed by atoms with Crippen molar-refractivity contribution in [3.8, 4) is 11.3 Å². The standard InChI is InChI=1S/C24H29N5O4/c1-14-17(18-7-15-8-20(25)28-10-16(15)9-27-18)11-26-12-19(14)29(13-24(5,6)21(30)31)22(32)33-23(2,3)4/h7-12H,13H2,1-6H3,(H2,25,28)(H,30,31). The van der Waals surface area contributed by atoms with E-state index in [0.717, 1.165) is 10.8 Å². The fraction of sp³-hybridized carbons (Fsp3) is 0.375. The summed E-state index contributed by atoms with van der Waals surface area (Å²) in [5.74, 6) is -0.629. The highest BCUT2D eigenvalue weighted by Crippen LogP contribution is 2.33. The second-order valence-electron chi connectivity index (χ2n) is 9.61. The maximum Gasteiger partial charge on any atom is 0.414 e. The van der Waals surface area contributed by atoms with Gasteiger partial charge in [0, 0.05) is 36.1 Å². The molecule has 9 nitrogen and oxygen atoms in total. The van der Waals surface area contributed by atoms with E-state index in [1.54, 1.807) is 59.3 Å². The Hall–Kier alpha value is -3.75. The molecule has 3 rings (SSSR count). The number of nitrogens with zero attached hydrogens (tertiary/aromatic N) is 4. The molecular weight excluding hydrogens is 422 g/mol. The van der Waals surface area contributed by atoms with Crippen LogP contribution in [0.25, 0.3) is 22.0 Å². The minimum atomic E-state index is -1.22. The van der Waals surface area contributed by atoms with E-state index in [0.29, 0.717) is 28.3 Å². The van der Waals surface area contributed by atoms with Gasteiger partial charge in [-0.2, -0.15) is 0 Å². The highest BCUT2D eigenvalue weighted by Gasteiger charge is 2.35. The molecule has 0 saturated heterocycles. The number of hydrogen-bond donors (Lipinski definition) is 2. The van der Waals surface area contributed by atoms with Gasteiger partial charge in [0.25, 0.3) is 0 Å². The summed E-state index contributed by atoms with van der Waals surface area (Å²) in [7, 11) is 0. The Morgan fingerprint density at radius 2 is 1.70 bits per heavy atom. The topological polar surface area (TPSA) is 132 Å². The van der Waals surface area contributed by atoms with Crippen LogP contribution in [0, 0.1) is 12.3 Å². The zero-order chi connectivity index (χ0) is 24.6. The van der Waals surface area contributed by atoms with E-state index < -0.39 is 23.1 Å². The number of carbonyl (C=O) groups is 2. The van der Waals surface area contributed by atoms with Crippen molar-refractivity contribution in [2.45, 2.75) is 47.1 Å². The van der Waals surface area contributed by atoms with Crippen molar-refractivity contribution >= 4 is 34.3 Å². The van der Waals surface area contributed by atoms with Crippen LogP contribution in [0.15, 0.2) is 36.9 Å². The Labute approximate surface area is 192 Å². The maximum absolute atomic E-state index is 13.1. The van der Waals surface area contributed by atoms with E-state index in [1.165, 1.54) is 11.1 Å². The van der Waals surface area contributed by atoms with Gasteiger partial charge in [-0.25, -0.2) is 9.78 Å². The van der Waals surface area contributed by atoms with Gasteiger partial charge >= 0.3 is 12.1 Å². The predicted molar refractivity (Wildman–Crippen MR) is 127 cm³/mol. The minimum absolute atomic E-state index is 0.101. The number of carbonyl (C=O) groups excluding carboxylic acids is 1. The fourth-order valence-electron chi connectivity index (χ4n) is 3.27. The molecule has 0 aliphatic carbocycles. The van der Waals surface area contributed by atoms with Crippen LogP contribution in [-0.2, 0) is 9.53 Å². The van der Waals surface area contributed by atoms with Gasteiger partial charge in [-0.3, -0.25) is 19.7 Å². The molecule has 3 aromatic rings. The van der Waals surface area contributed by atoms with Gasteiger partial charge in [-0.1, -0.05) is 0 Å². The number of ether oxygens (including phenoxy) is 1. The summed E-state index contributed by atoms with van der Waals surface area (Å²) in [5.41, 5.74) is 6.36. The van der Waals surface area contributed by atoms with Gasteiger partial charge in [0.2, 0.25) is 0 Å². The van der Waals surface area contributed by atoms with Crippen LogP contribution < -0.4 is 10.6 Å². The molecule has 0 unspecified atom stereocenters. The third-order valence-corrected chi connectivity index (χ3v) is 5.13. The van der Waals surface area contributed by atoms with Crippen molar-refractivity contribution in [1.82, 2.24) is 15.0 Å². The van der Waals surface area contributed by atoms with Crippen LogP contribution in [0.3, 0.4) is 0 Å². The van der Waals surface area contributed by atoms with E-state index >= 15 is 0 Å². The normalized spacial score (nSPS) is 11.9. The van der Waals surface area contributed by atoms with Crippen molar-refractivity contribution in [2.24, 2.45) is 5.41 Å². The third kappa shape index (κ3) is 5.36. The first-order chi connectivity index (χ1) is 15.3. The molecule has 0 saturated carbocycles. The number of rotatable bonds is 5. The summed E-state index contributed by atoms with van der Waals surface area (Å²) in [4.78, 5) is 39.2. The van der Waals surface area contributed by atoms with Gasteiger partial charge in [-0.05, 0) is 64.6 Å². The lowest BCUT2D eigenvalue weighted by Gasteiger charge is -2.32. The number of carboxylic acid groups (broad SMARTS) is 1. The lowest BCUT2D eigenvalue weighted by atomic mass is 9.92. The summed E-state index contributed by atoms with van der Waals surface area (Å²) in [5, 5.41) is 11.4. The lowest BCUT2D eigenvalue weighted by molar-refractivity contribution is -0.146. The zero-order valence-electron chi connectivity index (χ0n) is 19.7. The van der Waals surface area contributed by atoms with Crippen molar-refractivity contribution in [3.05, 3.63) is 42.5 Å². The molecule has 0 fully saturated rings. The molecule has 0 atom stereocenters. The van der Waals surface area contributed by atoms with Gasteiger partial charge < -0.3 is 15.6 Å². The second kappa shape index (κ2) is 8.65. The van der Waals surface area contributed by atoms with Crippen LogP contribution in [0.2, 0.25) is 0 Å². The number of pyridine rings is 3. The van der Waals surface area contributed by atoms with Crippen molar-refractivity contribution in [2.75, 3.05) is 17.2 Å². The first-order valence-corrected chi connectivity index (χ1v) is 10.5. The number of amides is 1. The molecule has 9 heteroatoms. The van der Waals surface area contributed by atoms with Gasteiger partial charge in [-0.15, -0.1) is 0 Å². The summed E-state index contributed by atoms with van der Waals surface area (Å²) >= 11 is 0. The Morgan fingerprint density at radius 1 is 1.03 bits per heavy atom. The van der Waals surface area contributed by atoms with E-state index in [2.05, 4.69) is 15.0 Å². The lowest BCUT2D eigenvalue weighted by Crippen LogP contribution is -2.45. The monoisotopic (exact) mass is 451 g/mol. The number of anilines is 2. The van der Waals surface area contributed by atoms with Crippen LogP contribution >= 0.6 is 0 Å². The quantitative estimate of drug-likeness (QED) is 0.582. The molecule has 3 heterocycles. The van der Waals surface area contributed by atoms with E-state index in [4.69, 9.17) is 10.5 Å². The number of carboxylic acids is 1. The number of fused-ring (bicyclic) bond motifs is 1. The molecule has 0 aliphatic heterocycles. The molecule has 0 radical (unpaired) electrons. The number of aromatic nitrogens is 3. The van der Waals surface area contributed by atoms with Crippen LogP contribution in [0.5, 0.6) is 0 Å².